The van der Waals surface area contributed by atoms with Crippen LogP contribution in [0.15, 0.2) is 72.8 Å². The second-order valence-corrected chi connectivity index (χ2v) is 7.99. The highest BCUT2D eigenvalue weighted by Gasteiger charge is 2.34. The van der Waals surface area contributed by atoms with Gasteiger partial charge in [-0.3, -0.25) is 9.59 Å². The lowest BCUT2D eigenvalue weighted by Crippen LogP contribution is -2.45. The predicted molar refractivity (Wildman–Crippen MR) is 132 cm³/mol. The van der Waals surface area contributed by atoms with Crippen LogP contribution in [0.2, 0.25) is 0 Å². The fraction of sp³-hybridized carbons (Fsp3) is 0.286. The molecule has 3 aromatic rings. The lowest BCUT2D eigenvalue weighted by Gasteiger charge is -2.24. The molecule has 2 N–H and O–H groups in total. The molecule has 1 atom stereocenters. The highest BCUT2D eigenvalue weighted by atomic mass is 16.3. The van der Waals surface area contributed by atoms with Crippen LogP contribution in [0.4, 0.5) is 0 Å². The van der Waals surface area contributed by atoms with E-state index in [9.17, 15) is 14.7 Å². The van der Waals surface area contributed by atoms with Crippen molar-refractivity contribution in [1.29, 1.82) is 0 Å². The molecule has 2 amide bonds. The molecule has 0 saturated carbocycles. The molecule has 172 valence electrons. The minimum Gasteiger partial charge on any atom is -0.508 e. The van der Waals surface area contributed by atoms with E-state index in [0.29, 0.717) is 25.1 Å². The summed E-state index contributed by atoms with van der Waals surface area (Å²) >= 11 is 0. The SMILES string of the molecule is CC.Cc1ccc(CNC(=O)C2CCCN2C(=O)c2cccc(-c3cccc(O)c3)c2)cc1. The Morgan fingerprint density at radius 3 is 2.33 bits per heavy atom. The van der Waals surface area contributed by atoms with Crippen molar-refractivity contribution in [3.05, 3.63) is 89.5 Å². The lowest BCUT2D eigenvalue weighted by molar-refractivity contribution is -0.125. The van der Waals surface area contributed by atoms with E-state index in [0.717, 1.165) is 23.1 Å². The Kier molecular flexibility index (Phi) is 8.25. The van der Waals surface area contributed by atoms with Gasteiger partial charge in [0.1, 0.15) is 11.8 Å². The van der Waals surface area contributed by atoms with Gasteiger partial charge in [-0.25, -0.2) is 0 Å². The molecule has 1 heterocycles. The molecule has 1 aliphatic rings. The van der Waals surface area contributed by atoms with Gasteiger partial charge in [0.2, 0.25) is 5.91 Å². The van der Waals surface area contributed by atoms with Gasteiger partial charge in [0.15, 0.2) is 0 Å². The van der Waals surface area contributed by atoms with Gasteiger partial charge >= 0.3 is 0 Å². The zero-order chi connectivity index (χ0) is 23.8. The first-order valence-corrected chi connectivity index (χ1v) is 11.5. The summed E-state index contributed by atoms with van der Waals surface area (Å²) in [6.45, 7) is 7.04. The van der Waals surface area contributed by atoms with Gasteiger partial charge in [0.25, 0.3) is 5.91 Å². The predicted octanol–water partition coefficient (Wildman–Crippen LogP) is 5.31. The van der Waals surface area contributed by atoms with Crippen LogP contribution in [0.25, 0.3) is 11.1 Å². The second-order valence-electron chi connectivity index (χ2n) is 7.99. The van der Waals surface area contributed by atoms with Crippen molar-refractivity contribution in [1.82, 2.24) is 10.2 Å². The molecule has 1 fully saturated rings. The quantitative estimate of drug-likeness (QED) is 0.560. The van der Waals surface area contributed by atoms with Gasteiger partial charge in [-0.1, -0.05) is 67.9 Å². The number of carbonyl (C=O) groups excluding carboxylic acids is 2. The number of carbonyl (C=O) groups is 2. The summed E-state index contributed by atoms with van der Waals surface area (Å²) < 4.78 is 0. The molecule has 4 rings (SSSR count). The summed E-state index contributed by atoms with van der Waals surface area (Å²) in [7, 11) is 0. The van der Waals surface area contributed by atoms with Gasteiger partial charge in [-0.15, -0.1) is 0 Å². The van der Waals surface area contributed by atoms with E-state index in [1.807, 2.05) is 69.3 Å². The summed E-state index contributed by atoms with van der Waals surface area (Å²) in [5.41, 5.74) is 4.44. The fourth-order valence-corrected chi connectivity index (χ4v) is 3.98. The third-order valence-electron chi connectivity index (χ3n) is 5.69. The molecular formula is C28H32N2O3. The van der Waals surface area contributed by atoms with Crippen LogP contribution in [0, 0.1) is 6.92 Å². The van der Waals surface area contributed by atoms with E-state index in [1.165, 1.54) is 5.56 Å². The first-order valence-electron chi connectivity index (χ1n) is 11.5. The largest absolute Gasteiger partial charge is 0.508 e. The Hall–Kier alpha value is -3.60. The van der Waals surface area contributed by atoms with E-state index in [1.54, 1.807) is 29.2 Å². The van der Waals surface area contributed by atoms with Crippen LogP contribution < -0.4 is 5.32 Å². The second kappa shape index (κ2) is 11.3. The number of nitrogens with zero attached hydrogens (tertiary/aromatic N) is 1. The minimum absolute atomic E-state index is 0.115. The van der Waals surface area contributed by atoms with Crippen molar-refractivity contribution in [2.45, 2.75) is 46.2 Å². The average molecular weight is 445 g/mol. The van der Waals surface area contributed by atoms with Gasteiger partial charge in [0, 0.05) is 18.7 Å². The van der Waals surface area contributed by atoms with Crippen LogP contribution in [-0.4, -0.2) is 34.4 Å². The monoisotopic (exact) mass is 444 g/mol. The number of rotatable bonds is 5. The Bertz CT molecular complexity index is 1090. The van der Waals surface area contributed by atoms with Crippen molar-refractivity contribution < 1.29 is 14.7 Å². The number of amides is 2. The number of aryl methyl sites for hydroxylation is 1. The van der Waals surface area contributed by atoms with Crippen LogP contribution in [0.3, 0.4) is 0 Å². The van der Waals surface area contributed by atoms with E-state index in [4.69, 9.17) is 0 Å². The minimum atomic E-state index is -0.456. The molecule has 0 bridgehead atoms. The fourth-order valence-electron chi connectivity index (χ4n) is 3.98. The Morgan fingerprint density at radius 1 is 0.970 bits per heavy atom. The Labute approximate surface area is 196 Å². The third-order valence-corrected chi connectivity index (χ3v) is 5.69. The molecule has 5 heteroatoms. The molecule has 1 unspecified atom stereocenters. The van der Waals surface area contributed by atoms with Crippen molar-refractivity contribution in [2.24, 2.45) is 0 Å². The normalized spacial score (nSPS) is 14.9. The zero-order valence-electron chi connectivity index (χ0n) is 19.5. The molecule has 0 aromatic heterocycles. The number of hydrogen-bond donors (Lipinski definition) is 2. The van der Waals surface area contributed by atoms with Gasteiger partial charge in [-0.05, 0) is 60.7 Å². The summed E-state index contributed by atoms with van der Waals surface area (Å²) in [5, 5.41) is 12.7. The van der Waals surface area contributed by atoms with Crippen LogP contribution >= 0.6 is 0 Å². The molecule has 5 nitrogen and oxygen atoms in total. The number of nitrogens with one attached hydrogen (secondary N) is 1. The lowest BCUT2D eigenvalue weighted by atomic mass is 10.0. The number of aromatic hydroxyl groups is 1. The number of phenols is 1. The van der Waals surface area contributed by atoms with E-state index >= 15 is 0 Å². The first kappa shape index (κ1) is 24.1. The third kappa shape index (κ3) is 6.01. The molecule has 1 saturated heterocycles. The highest BCUT2D eigenvalue weighted by Crippen LogP contribution is 2.26. The Morgan fingerprint density at radius 2 is 1.64 bits per heavy atom. The smallest absolute Gasteiger partial charge is 0.254 e. The van der Waals surface area contributed by atoms with E-state index in [-0.39, 0.29) is 17.6 Å². The van der Waals surface area contributed by atoms with E-state index < -0.39 is 6.04 Å². The number of hydrogen-bond acceptors (Lipinski definition) is 3. The van der Waals surface area contributed by atoms with Crippen LogP contribution in [0.5, 0.6) is 5.75 Å². The molecule has 0 spiro atoms. The number of likely N-dealkylation sites (tertiary alicyclic amines) is 1. The standard InChI is InChI=1S/C26H26N2O3.C2H6/c1-18-10-12-19(13-11-18)17-27-25(30)24-9-4-14-28(24)26(31)22-7-2-5-20(15-22)21-6-3-8-23(29)16-21;1-2/h2-3,5-8,10-13,15-16,24,29H,4,9,14,17H2,1H3,(H,27,30);1-2H3. The molecule has 1 aliphatic heterocycles. The van der Waals surface area contributed by atoms with Crippen molar-refractivity contribution >= 4 is 11.8 Å². The van der Waals surface area contributed by atoms with Crippen LogP contribution in [-0.2, 0) is 11.3 Å². The van der Waals surface area contributed by atoms with Crippen LogP contribution in [0.1, 0.15) is 48.2 Å². The van der Waals surface area contributed by atoms with Gasteiger partial charge in [0.05, 0.1) is 0 Å². The summed E-state index contributed by atoms with van der Waals surface area (Å²) in [6.07, 6.45) is 1.47. The molecule has 0 radical (unpaired) electrons. The molecular weight excluding hydrogens is 412 g/mol. The highest BCUT2D eigenvalue weighted by molar-refractivity contribution is 5.98. The zero-order valence-corrected chi connectivity index (χ0v) is 19.5. The van der Waals surface area contributed by atoms with Crippen molar-refractivity contribution in [2.75, 3.05) is 6.54 Å². The topological polar surface area (TPSA) is 69.6 Å². The van der Waals surface area contributed by atoms with Crippen molar-refractivity contribution in [3.63, 3.8) is 0 Å². The average Bonchev–Trinajstić information content (AvgIpc) is 3.34. The summed E-state index contributed by atoms with van der Waals surface area (Å²) in [5.74, 6) is -0.0790. The maximum atomic E-state index is 13.2. The number of phenolic OH excluding ortho intramolecular Hbond substituents is 1. The molecule has 3 aromatic carbocycles. The molecule has 0 aliphatic carbocycles. The van der Waals surface area contributed by atoms with Crippen molar-refractivity contribution in [3.8, 4) is 16.9 Å². The maximum absolute atomic E-state index is 13.2. The summed E-state index contributed by atoms with van der Waals surface area (Å²) in [4.78, 5) is 27.7. The maximum Gasteiger partial charge on any atom is 0.254 e. The summed E-state index contributed by atoms with van der Waals surface area (Å²) in [6, 6.07) is 21.8. The van der Waals surface area contributed by atoms with E-state index in [2.05, 4.69) is 5.32 Å². The Balaban J connectivity index is 0.00000149. The van der Waals surface area contributed by atoms with Gasteiger partial charge < -0.3 is 15.3 Å². The first-order chi connectivity index (χ1) is 16.0. The van der Waals surface area contributed by atoms with Gasteiger partial charge in [-0.2, -0.15) is 0 Å². The molecule has 33 heavy (non-hydrogen) atoms. The number of benzene rings is 3.